The minimum absolute atomic E-state index is 0.0583. The zero-order valence-corrected chi connectivity index (χ0v) is 19.6. The van der Waals surface area contributed by atoms with Crippen LogP contribution >= 0.6 is 0 Å². The monoisotopic (exact) mass is 376 g/mol. The van der Waals surface area contributed by atoms with Crippen LogP contribution in [0.5, 0.6) is 0 Å². The van der Waals surface area contributed by atoms with Gasteiger partial charge >= 0.3 is 0 Å². The van der Waals surface area contributed by atoms with Gasteiger partial charge in [-0.3, -0.25) is 4.99 Å². The second-order valence-corrected chi connectivity index (χ2v) is 10.6. The predicted octanol–water partition coefficient (Wildman–Crippen LogP) is 8.08. The molecule has 0 spiro atoms. The van der Waals surface area contributed by atoms with E-state index in [2.05, 4.69) is 106 Å². The second-order valence-electron chi connectivity index (χ2n) is 10.6. The van der Waals surface area contributed by atoms with E-state index >= 15 is 0 Å². The van der Waals surface area contributed by atoms with E-state index in [4.69, 9.17) is 4.99 Å². The largest absolute Gasteiger partial charge is 0.256 e. The van der Waals surface area contributed by atoms with E-state index in [0.29, 0.717) is 11.8 Å². The molecule has 0 N–H and O–H groups in total. The number of hydrogen-bond acceptors (Lipinski definition) is 1. The summed E-state index contributed by atoms with van der Waals surface area (Å²) < 4.78 is 0. The predicted molar refractivity (Wildman–Crippen MR) is 125 cm³/mol. The fourth-order valence-corrected chi connectivity index (χ4v) is 3.29. The number of nitrogens with zero attached hydrogens (tertiary/aromatic N) is 1. The summed E-state index contributed by atoms with van der Waals surface area (Å²) in [5.41, 5.74) is 7.53. The van der Waals surface area contributed by atoms with Gasteiger partial charge in [0.15, 0.2) is 0 Å². The Bertz CT molecular complexity index is 781. The first-order valence-electron chi connectivity index (χ1n) is 10.6. The molecule has 151 valence electrons. The minimum atomic E-state index is 0.0583. The van der Waals surface area contributed by atoms with Gasteiger partial charge in [0.25, 0.3) is 0 Å². The summed E-state index contributed by atoms with van der Waals surface area (Å²) in [6.45, 7) is 22.5. The molecule has 2 rings (SSSR count). The lowest BCUT2D eigenvalue weighted by Gasteiger charge is -2.25. The van der Waals surface area contributed by atoms with Crippen LogP contribution in [0.25, 0.3) is 0 Å². The Morgan fingerprint density at radius 2 is 1.36 bits per heavy atom. The van der Waals surface area contributed by atoms with Gasteiger partial charge in [-0.1, -0.05) is 93.5 Å². The Kier molecular flexibility index (Phi) is 6.58. The van der Waals surface area contributed by atoms with Gasteiger partial charge in [0.2, 0.25) is 0 Å². The van der Waals surface area contributed by atoms with Crippen molar-refractivity contribution in [3.63, 3.8) is 0 Å². The van der Waals surface area contributed by atoms with Crippen molar-refractivity contribution in [2.75, 3.05) is 0 Å². The number of hydrogen-bond donors (Lipinski definition) is 0. The fourth-order valence-electron chi connectivity index (χ4n) is 3.29. The van der Waals surface area contributed by atoms with Crippen molar-refractivity contribution in [3.05, 3.63) is 64.2 Å². The van der Waals surface area contributed by atoms with Crippen LogP contribution in [-0.4, -0.2) is 6.21 Å². The SMILES string of the molecule is CC(C)c1cccc(C(C)C)c1N=Cc1[c]c(C(C)(C)C)cc(C(C)(C)C)c1. The normalized spacial score (nSPS) is 13.1. The second kappa shape index (κ2) is 8.23. The fraction of sp³-hybridized carbons (Fsp3) is 0.519. The van der Waals surface area contributed by atoms with Gasteiger partial charge < -0.3 is 0 Å². The summed E-state index contributed by atoms with van der Waals surface area (Å²) >= 11 is 0. The smallest absolute Gasteiger partial charge is 0.0699 e. The molecule has 0 bridgehead atoms. The zero-order chi connectivity index (χ0) is 21.3. The lowest BCUT2D eigenvalue weighted by Crippen LogP contribution is -2.17. The molecule has 0 aliphatic carbocycles. The van der Waals surface area contributed by atoms with Gasteiger partial charge in [0.1, 0.15) is 0 Å². The highest BCUT2D eigenvalue weighted by molar-refractivity contribution is 5.83. The van der Waals surface area contributed by atoms with Crippen molar-refractivity contribution >= 4 is 11.9 Å². The van der Waals surface area contributed by atoms with E-state index in [9.17, 15) is 0 Å². The van der Waals surface area contributed by atoms with Crippen molar-refractivity contribution in [2.45, 2.75) is 91.9 Å². The summed E-state index contributed by atoms with van der Waals surface area (Å²) in [6.07, 6.45) is 2.01. The Balaban J connectivity index is 2.61. The average Bonchev–Trinajstić information content (AvgIpc) is 2.57. The summed E-state index contributed by atoms with van der Waals surface area (Å²) in [4.78, 5) is 5.01. The van der Waals surface area contributed by atoms with E-state index in [1.54, 1.807) is 0 Å². The molecule has 1 radical (unpaired) electrons. The lowest BCUT2D eigenvalue weighted by atomic mass is 9.79. The molecule has 0 aromatic heterocycles. The topological polar surface area (TPSA) is 12.4 Å². The van der Waals surface area contributed by atoms with Crippen molar-refractivity contribution < 1.29 is 0 Å². The highest BCUT2D eigenvalue weighted by atomic mass is 14.7. The van der Waals surface area contributed by atoms with Crippen LogP contribution in [0.15, 0.2) is 35.3 Å². The summed E-state index contributed by atoms with van der Waals surface area (Å²) in [7, 11) is 0. The summed E-state index contributed by atoms with van der Waals surface area (Å²) in [5, 5.41) is 0. The molecule has 0 saturated heterocycles. The molecule has 0 fully saturated rings. The van der Waals surface area contributed by atoms with Gasteiger partial charge in [-0.15, -0.1) is 0 Å². The molecule has 0 saturated carbocycles. The Hall–Kier alpha value is -1.89. The van der Waals surface area contributed by atoms with Crippen LogP contribution in [0.2, 0.25) is 0 Å². The maximum absolute atomic E-state index is 5.01. The van der Waals surface area contributed by atoms with Crippen LogP contribution < -0.4 is 0 Å². The number of aliphatic imine (C=N–C) groups is 1. The molecule has 1 heteroatoms. The summed E-state index contributed by atoms with van der Waals surface area (Å²) in [6, 6.07) is 14.7. The number of benzene rings is 2. The maximum Gasteiger partial charge on any atom is 0.0699 e. The van der Waals surface area contributed by atoms with Crippen LogP contribution in [0, 0.1) is 6.07 Å². The van der Waals surface area contributed by atoms with Gasteiger partial charge in [-0.25, -0.2) is 0 Å². The van der Waals surface area contributed by atoms with Gasteiger partial charge in [-0.05, 0) is 57.1 Å². The lowest BCUT2D eigenvalue weighted by molar-refractivity contribution is 0.567. The zero-order valence-electron chi connectivity index (χ0n) is 19.6. The molecule has 28 heavy (non-hydrogen) atoms. The van der Waals surface area contributed by atoms with Gasteiger partial charge in [-0.2, -0.15) is 0 Å². The first-order chi connectivity index (χ1) is 12.8. The van der Waals surface area contributed by atoms with E-state index in [0.717, 1.165) is 11.3 Å². The third-order valence-corrected chi connectivity index (χ3v) is 5.24. The quantitative estimate of drug-likeness (QED) is 0.478. The highest BCUT2D eigenvalue weighted by Crippen LogP contribution is 2.35. The van der Waals surface area contributed by atoms with Crippen molar-refractivity contribution in [3.8, 4) is 0 Å². The summed E-state index contributed by atoms with van der Waals surface area (Å²) in [5.74, 6) is 0.891. The first-order valence-corrected chi connectivity index (χ1v) is 10.6. The van der Waals surface area contributed by atoms with Gasteiger partial charge in [0, 0.05) is 11.8 Å². The Morgan fingerprint density at radius 3 is 1.79 bits per heavy atom. The highest BCUT2D eigenvalue weighted by Gasteiger charge is 2.20. The van der Waals surface area contributed by atoms with Crippen molar-refractivity contribution in [2.24, 2.45) is 4.99 Å². The molecule has 0 heterocycles. The third-order valence-electron chi connectivity index (χ3n) is 5.24. The van der Waals surface area contributed by atoms with Crippen molar-refractivity contribution in [1.29, 1.82) is 0 Å². The van der Waals surface area contributed by atoms with Crippen molar-refractivity contribution in [1.82, 2.24) is 0 Å². The minimum Gasteiger partial charge on any atom is -0.256 e. The van der Waals surface area contributed by atoms with Gasteiger partial charge in [0.05, 0.1) is 5.69 Å². The molecular weight excluding hydrogens is 338 g/mol. The van der Waals surface area contributed by atoms with E-state index < -0.39 is 0 Å². The third kappa shape index (κ3) is 5.34. The first kappa shape index (κ1) is 22.4. The van der Waals surface area contributed by atoms with Crippen LogP contribution in [0.4, 0.5) is 5.69 Å². The molecule has 2 aromatic rings. The van der Waals surface area contributed by atoms with Crippen LogP contribution in [0.3, 0.4) is 0 Å². The molecule has 1 nitrogen and oxygen atoms in total. The van der Waals surface area contributed by atoms with E-state index in [1.165, 1.54) is 22.3 Å². The molecular formula is C27H38N. The molecule has 0 amide bonds. The molecule has 0 aliphatic rings. The number of rotatable bonds is 4. The van der Waals surface area contributed by atoms with E-state index in [-0.39, 0.29) is 10.8 Å². The molecule has 2 aromatic carbocycles. The number of para-hydroxylation sites is 1. The van der Waals surface area contributed by atoms with Crippen LogP contribution in [-0.2, 0) is 10.8 Å². The standard InChI is InChI=1S/C27H38N/c1-18(2)23-12-11-13-24(19(3)4)25(23)28-17-20-14-21(26(5,6)7)16-22(15-20)27(8,9)10/h11-14,16-19H,1-10H3. The van der Waals surface area contributed by atoms with Crippen LogP contribution in [0.1, 0.15) is 109 Å². The molecule has 0 aliphatic heterocycles. The maximum atomic E-state index is 5.01. The Labute approximate surface area is 173 Å². The molecule has 0 unspecified atom stereocenters. The van der Waals surface area contributed by atoms with E-state index in [1.807, 2.05) is 6.21 Å². The average molecular weight is 377 g/mol. The molecule has 0 atom stereocenters. The Morgan fingerprint density at radius 1 is 0.821 bits per heavy atom.